The molecule has 1 heteroatoms. The van der Waals surface area contributed by atoms with Gasteiger partial charge in [0.1, 0.15) is 6.10 Å². The number of hydrogen-bond donors (Lipinski definition) is 1. The van der Waals surface area contributed by atoms with Crippen LogP contribution in [0, 0.1) is 11.8 Å². The summed E-state index contributed by atoms with van der Waals surface area (Å²) < 4.78 is 0. The summed E-state index contributed by atoms with van der Waals surface area (Å²) >= 11 is 0. The van der Waals surface area contributed by atoms with Crippen molar-refractivity contribution in [3.05, 3.63) is 35.9 Å². The van der Waals surface area contributed by atoms with E-state index >= 15 is 0 Å². The van der Waals surface area contributed by atoms with Crippen LogP contribution in [0.5, 0.6) is 0 Å². The number of aliphatic hydroxyl groups excluding tert-OH is 1. The van der Waals surface area contributed by atoms with Crippen LogP contribution in [0.25, 0.3) is 0 Å². The average Bonchev–Trinajstić information content (AvgIpc) is 2.17. The summed E-state index contributed by atoms with van der Waals surface area (Å²) in [5, 5.41) is 9.34. The van der Waals surface area contributed by atoms with Gasteiger partial charge in [-0.15, -0.1) is 5.92 Å². The van der Waals surface area contributed by atoms with Crippen molar-refractivity contribution >= 4 is 0 Å². The lowest BCUT2D eigenvalue weighted by molar-refractivity contribution is 0.222. The standard InChI is InChI=1S/C12H14O/c1-2-6-12(13)10-9-11-7-4-3-5-8-11/h3-5,7-8,12-13H,9-10H2,1H3/t12-/m1/s1. The summed E-state index contributed by atoms with van der Waals surface area (Å²) in [4.78, 5) is 0. The molecule has 0 heterocycles. The van der Waals surface area contributed by atoms with Crippen LogP contribution in [0.1, 0.15) is 18.9 Å². The lowest BCUT2D eigenvalue weighted by Crippen LogP contribution is -2.04. The molecule has 13 heavy (non-hydrogen) atoms. The Kier molecular flexibility index (Phi) is 4.08. The Morgan fingerprint density at radius 2 is 2.00 bits per heavy atom. The van der Waals surface area contributed by atoms with E-state index < -0.39 is 6.10 Å². The minimum atomic E-state index is -0.481. The molecule has 0 unspecified atom stereocenters. The van der Waals surface area contributed by atoms with E-state index in [9.17, 15) is 5.11 Å². The molecular formula is C12H14O. The Bertz CT molecular complexity index is 292. The molecule has 0 spiro atoms. The molecule has 0 radical (unpaired) electrons. The number of aliphatic hydroxyl groups is 1. The van der Waals surface area contributed by atoms with Gasteiger partial charge < -0.3 is 5.11 Å². The third-order valence-corrected chi connectivity index (χ3v) is 1.86. The van der Waals surface area contributed by atoms with Gasteiger partial charge in [0.05, 0.1) is 0 Å². The molecule has 0 fully saturated rings. The van der Waals surface area contributed by atoms with E-state index in [1.165, 1.54) is 5.56 Å². The van der Waals surface area contributed by atoms with Crippen molar-refractivity contribution in [2.45, 2.75) is 25.9 Å². The monoisotopic (exact) mass is 174 g/mol. The first-order chi connectivity index (χ1) is 6.33. The van der Waals surface area contributed by atoms with Gasteiger partial charge in [-0.05, 0) is 25.3 Å². The number of benzene rings is 1. The average molecular weight is 174 g/mol. The van der Waals surface area contributed by atoms with Gasteiger partial charge in [-0.3, -0.25) is 0 Å². The molecule has 0 saturated carbocycles. The number of hydrogen-bond acceptors (Lipinski definition) is 1. The van der Waals surface area contributed by atoms with E-state index in [0.29, 0.717) is 6.42 Å². The van der Waals surface area contributed by atoms with Crippen molar-refractivity contribution < 1.29 is 5.11 Å². The van der Waals surface area contributed by atoms with Crippen LogP contribution in [-0.2, 0) is 6.42 Å². The highest BCUT2D eigenvalue weighted by Gasteiger charge is 1.98. The maximum absolute atomic E-state index is 9.34. The van der Waals surface area contributed by atoms with Crippen LogP contribution in [-0.4, -0.2) is 11.2 Å². The van der Waals surface area contributed by atoms with Gasteiger partial charge in [-0.1, -0.05) is 36.3 Å². The first-order valence-electron chi connectivity index (χ1n) is 4.47. The van der Waals surface area contributed by atoms with Gasteiger partial charge >= 0.3 is 0 Å². The zero-order valence-corrected chi connectivity index (χ0v) is 7.83. The van der Waals surface area contributed by atoms with E-state index in [1.807, 2.05) is 18.2 Å². The fourth-order valence-corrected chi connectivity index (χ4v) is 1.19. The first-order valence-corrected chi connectivity index (χ1v) is 4.47. The van der Waals surface area contributed by atoms with E-state index in [1.54, 1.807) is 6.92 Å². The van der Waals surface area contributed by atoms with Crippen LogP contribution in [0.4, 0.5) is 0 Å². The summed E-state index contributed by atoms with van der Waals surface area (Å²) in [6.45, 7) is 1.74. The largest absolute Gasteiger partial charge is 0.380 e. The normalized spacial score (nSPS) is 11.5. The Hall–Kier alpha value is -1.26. The third-order valence-electron chi connectivity index (χ3n) is 1.86. The lowest BCUT2D eigenvalue weighted by Gasteiger charge is -2.02. The van der Waals surface area contributed by atoms with Gasteiger partial charge in [0.25, 0.3) is 0 Å². The molecule has 1 N–H and O–H groups in total. The molecule has 0 aliphatic carbocycles. The third kappa shape index (κ3) is 3.78. The van der Waals surface area contributed by atoms with Crippen LogP contribution >= 0.6 is 0 Å². The lowest BCUT2D eigenvalue weighted by atomic mass is 10.1. The van der Waals surface area contributed by atoms with Crippen LogP contribution < -0.4 is 0 Å². The molecule has 1 aromatic rings. The second-order valence-electron chi connectivity index (χ2n) is 2.93. The molecule has 1 nitrogen and oxygen atoms in total. The van der Waals surface area contributed by atoms with Crippen LogP contribution in [0.3, 0.4) is 0 Å². The molecule has 0 saturated heterocycles. The summed E-state index contributed by atoms with van der Waals surface area (Å²) in [5.41, 5.74) is 1.25. The fourth-order valence-electron chi connectivity index (χ4n) is 1.19. The van der Waals surface area contributed by atoms with Gasteiger partial charge in [0.15, 0.2) is 0 Å². The molecular weight excluding hydrogens is 160 g/mol. The van der Waals surface area contributed by atoms with Gasteiger partial charge in [0, 0.05) is 0 Å². The van der Waals surface area contributed by atoms with Gasteiger partial charge in [-0.2, -0.15) is 0 Å². The molecule has 0 aliphatic rings. The van der Waals surface area contributed by atoms with Crippen LogP contribution in [0.2, 0.25) is 0 Å². The Balaban J connectivity index is 2.38. The fraction of sp³-hybridized carbons (Fsp3) is 0.333. The van der Waals surface area contributed by atoms with Gasteiger partial charge in [0.2, 0.25) is 0 Å². The van der Waals surface area contributed by atoms with Crippen molar-refractivity contribution in [3.8, 4) is 11.8 Å². The van der Waals surface area contributed by atoms with E-state index in [4.69, 9.17) is 0 Å². The summed E-state index contributed by atoms with van der Waals surface area (Å²) in [6, 6.07) is 10.1. The van der Waals surface area contributed by atoms with E-state index in [0.717, 1.165) is 6.42 Å². The smallest absolute Gasteiger partial charge is 0.115 e. The second kappa shape index (κ2) is 5.40. The van der Waals surface area contributed by atoms with Crippen molar-refractivity contribution in [1.29, 1.82) is 0 Å². The maximum atomic E-state index is 9.34. The van der Waals surface area contributed by atoms with Crippen molar-refractivity contribution in [2.24, 2.45) is 0 Å². The molecule has 1 atom stereocenters. The zero-order chi connectivity index (χ0) is 9.52. The molecule has 0 aliphatic heterocycles. The molecule has 68 valence electrons. The molecule has 1 rings (SSSR count). The minimum absolute atomic E-state index is 0.481. The second-order valence-corrected chi connectivity index (χ2v) is 2.93. The molecule has 0 bridgehead atoms. The first kappa shape index (κ1) is 9.83. The molecule has 1 aromatic carbocycles. The highest BCUT2D eigenvalue weighted by atomic mass is 16.3. The summed E-state index contributed by atoms with van der Waals surface area (Å²) in [7, 11) is 0. The Morgan fingerprint density at radius 3 is 2.62 bits per heavy atom. The SMILES string of the molecule is CC#C[C@@H](O)CCc1ccccc1. The van der Waals surface area contributed by atoms with Crippen molar-refractivity contribution in [2.75, 3.05) is 0 Å². The maximum Gasteiger partial charge on any atom is 0.115 e. The topological polar surface area (TPSA) is 20.2 Å². The van der Waals surface area contributed by atoms with E-state index in [-0.39, 0.29) is 0 Å². The van der Waals surface area contributed by atoms with Crippen molar-refractivity contribution in [1.82, 2.24) is 0 Å². The summed E-state index contributed by atoms with van der Waals surface area (Å²) in [5.74, 6) is 5.43. The predicted octanol–water partition coefficient (Wildman–Crippen LogP) is 2.00. The molecule has 0 aromatic heterocycles. The quantitative estimate of drug-likeness (QED) is 0.695. The Labute approximate surface area is 79.4 Å². The predicted molar refractivity (Wildman–Crippen MR) is 54.2 cm³/mol. The Morgan fingerprint density at radius 1 is 1.31 bits per heavy atom. The summed E-state index contributed by atoms with van der Waals surface area (Å²) in [6.07, 6.45) is 1.12. The zero-order valence-electron chi connectivity index (χ0n) is 7.83. The van der Waals surface area contributed by atoms with Crippen LogP contribution in [0.15, 0.2) is 30.3 Å². The van der Waals surface area contributed by atoms with E-state index in [2.05, 4.69) is 24.0 Å². The molecule has 0 amide bonds. The number of aryl methyl sites for hydroxylation is 1. The minimum Gasteiger partial charge on any atom is -0.380 e. The number of rotatable bonds is 3. The highest BCUT2D eigenvalue weighted by Crippen LogP contribution is 2.04. The van der Waals surface area contributed by atoms with Gasteiger partial charge in [-0.25, -0.2) is 0 Å². The highest BCUT2D eigenvalue weighted by molar-refractivity contribution is 5.15. The van der Waals surface area contributed by atoms with Crippen molar-refractivity contribution in [3.63, 3.8) is 0 Å².